The number of nitrogens with one attached hydrogen (secondary N) is 1. The molecule has 1 aliphatic rings. The molecule has 1 fully saturated rings. The third-order valence-electron chi connectivity index (χ3n) is 4.07. The van der Waals surface area contributed by atoms with E-state index in [9.17, 15) is 4.79 Å². The summed E-state index contributed by atoms with van der Waals surface area (Å²) in [7, 11) is 0. The molecule has 0 radical (unpaired) electrons. The summed E-state index contributed by atoms with van der Waals surface area (Å²) in [4.78, 5) is 12.4. The Balaban J connectivity index is 1.62. The second-order valence-electron chi connectivity index (χ2n) is 5.78. The number of anilines is 1. The molecule has 1 N–H and O–H groups in total. The van der Waals surface area contributed by atoms with Gasteiger partial charge in [-0.2, -0.15) is 5.26 Å². The summed E-state index contributed by atoms with van der Waals surface area (Å²) in [5.41, 5.74) is 1.23. The second-order valence-corrected chi connectivity index (χ2v) is 7.09. The number of tetrazole rings is 1. The number of amides is 1. The maximum absolute atomic E-state index is 12.4. The van der Waals surface area contributed by atoms with Crippen LogP contribution in [0.3, 0.4) is 0 Å². The van der Waals surface area contributed by atoms with E-state index >= 15 is 0 Å². The first kappa shape index (κ1) is 16.5. The largest absolute Gasteiger partial charge is 0.325 e. The molecule has 1 aliphatic carbocycles. The van der Waals surface area contributed by atoms with Crippen molar-refractivity contribution in [1.82, 2.24) is 20.2 Å². The van der Waals surface area contributed by atoms with Gasteiger partial charge in [0.2, 0.25) is 11.1 Å². The van der Waals surface area contributed by atoms with Crippen molar-refractivity contribution in [2.24, 2.45) is 0 Å². The van der Waals surface area contributed by atoms with Crippen molar-refractivity contribution in [2.45, 2.75) is 49.1 Å². The van der Waals surface area contributed by atoms with Crippen molar-refractivity contribution in [1.29, 1.82) is 5.26 Å². The van der Waals surface area contributed by atoms with Crippen molar-refractivity contribution in [3.8, 4) is 6.07 Å². The first-order valence-corrected chi connectivity index (χ1v) is 8.81. The van der Waals surface area contributed by atoms with E-state index in [-0.39, 0.29) is 11.2 Å². The predicted octanol–water partition coefficient (Wildman–Crippen LogP) is 2.78. The Morgan fingerprint density at radius 1 is 1.38 bits per heavy atom. The van der Waals surface area contributed by atoms with E-state index in [0.29, 0.717) is 22.4 Å². The molecule has 1 aromatic carbocycles. The predicted molar refractivity (Wildman–Crippen MR) is 90.4 cm³/mol. The number of nitrogens with zero attached hydrogens (tertiary/aromatic N) is 5. The van der Waals surface area contributed by atoms with Gasteiger partial charge in [-0.1, -0.05) is 24.6 Å². The van der Waals surface area contributed by atoms with Gasteiger partial charge in [0.1, 0.15) is 0 Å². The molecule has 8 heteroatoms. The molecule has 1 amide bonds. The molecule has 0 unspecified atom stereocenters. The fraction of sp³-hybridized carbons (Fsp3) is 0.438. The molecule has 0 spiro atoms. The quantitative estimate of drug-likeness (QED) is 0.839. The highest BCUT2D eigenvalue weighted by Gasteiger charge is 2.24. The minimum Gasteiger partial charge on any atom is -0.325 e. The fourth-order valence-corrected chi connectivity index (χ4v) is 3.58. The molecule has 0 bridgehead atoms. The van der Waals surface area contributed by atoms with Gasteiger partial charge in [0.25, 0.3) is 0 Å². The molecule has 124 valence electrons. The summed E-state index contributed by atoms with van der Waals surface area (Å²) in [6.45, 7) is 1.83. The summed E-state index contributed by atoms with van der Waals surface area (Å²) >= 11 is 1.36. The monoisotopic (exact) mass is 342 g/mol. The maximum atomic E-state index is 12.4. The Hall–Kier alpha value is -2.40. The summed E-state index contributed by atoms with van der Waals surface area (Å²) in [5, 5.41) is 23.9. The highest BCUT2D eigenvalue weighted by Crippen LogP contribution is 2.32. The van der Waals surface area contributed by atoms with Crippen LogP contribution < -0.4 is 5.32 Å². The lowest BCUT2D eigenvalue weighted by Crippen LogP contribution is -2.23. The third kappa shape index (κ3) is 3.74. The van der Waals surface area contributed by atoms with E-state index in [1.807, 2.05) is 11.6 Å². The van der Waals surface area contributed by atoms with Gasteiger partial charge in [-0.25, -0.2) is 4.68 Å². The molecule has 24 heavy (non-hydrogen) atoms. The van der Waals surface area contributed by atoms with Crippen molar-refractivity contribution in [3.05, 3.63) is 29.8 Å². The van der Waals surface area contributed by atoms with Gasteiger partial charge in [0.05, 0.1) is 22.9 Å². The van der Waals surface area contributed by atoms with Crippen molar-refractivity contribution < 1.29 is 4.79 Å². The molecule has 2 aromatic rings. The molecule has 1 atom stereocenters. The number of nitriles is 1. The first-order valence-electron chi connectivity index (χ1n) is 7.93. The van der Waals surface area contributed by atoms with Crippen LogP contribution in [0.25, 0.3) is 0 Å². The average Bonchev–Trinajstić information content (AvgIpc) is 3.26. The van der Waals surface area contributed by atoms with Crippen molar-refractivity contribution in [3.63, 3.8) is 0 Å². The average molecular weight is 342 g/mol. The minimum atomic E-state index is -0.327. The molecular weight excluding hydrogens is 324 g/mol. The van der Waals surface area contributed by atoms with Gasteiger partial charge < -0.3 is 5.32 Å². The topological polar surface area (TPSA) is 96.5 Å². The Morgan fingerprint density at radius 2 is 2.08 bits per heavy atom. The van der Waals surface area contributed by atoms with Gasteiger partial charge in [0.15, 0.2) is 0 Å². The zero-order valence-corrected chi connectivity index (χ0v) is 14.2. The number of carbonyl (C=O) groups excluding carboxylic acids is 1. The summed E-state index contributed by atoms with van der Waals surface area (Å²) in [6, 6.07) is 9.18. The van der Waals surface area contributed by atoms with Crippen LogP contribution in [0.15, 0.2) is 29.4 Å². The lowest BCUT2D eigenvalue weighted by Gasteiger charge is -2.14. The third-order valence-corrected chi connectivity index (χ3v) is 5.11. The Kier molecular flexibility index (Phi) is 5.11. The molecule has 1 aromatic heterocycles. The van der Waals surface area contributed by atoms with Crippen LogP contribution >= 0.6 is 11.8 Å². The molecule has 3 rings (SSSR count). The Labute approximate surface area is 144 Å². The SMILES string of the molecule is C[C@@H](Sc1nnnn1C1CCCC1)C(=O)Nc1ccc(C#N)cc1. The number of carbonyl (C=O) groups is 1. The van der Waals surface area contributed by atoms with Gasteiger partial charge in [-0.3, -0.25) is 4.79 Å². The van der Waals surface area contributed by atoms with Crippen LogP contribution in [0, 0.1) is 11.3 Å². The zero-order valence-electron chi connectivity index (χ0n) is 13.3. The summed E-state index contributed by atoms with van der Waals surface area (Å²) in [6.07, 6.45) is 4.57. The number of hydrogen-bond acceptors (Lipinski definition) is 6. The molecular formula is C16H18N6OS. The second kappa shape index (κ2) is 7.45. The van der Waals surface area contributed by atoms with Crippen molar-refractivity contribution in [2.75, 3.05) is 5.32 Å². The fourth-order valence-electron chi connectivity index (χ4n) is 2.72. The number of aromatic nitrogens is 4. The highest BCUT2D eigenvalue weighted by molar-refractivity contribution is 8.00. The van der Waals surface area contributed by atoms with Gasteiger partial charge >= 0.3 is 0 Å². The minimum absolute atomic E-state index is 0.120. The number of thioether (sulfide) groups is 1. The maximum Gasteiger partial charge on any atom is 0.237 e. The van der Waals surface area contributed by atoms with Gasteiger partial charge in [-0.05, 0) is 54.5 Å². The van der Waals surface area contributed by atoms with Gasteiger partial charge in [-0.15, -0.1) is 5.10 Å². The van der Waals surface area contributed by atoms with E-state index < -0.39 is 0 Å². The van der Waals surface area contributed by atoms with E-state index in [2.05, 4.69) is 26.9 Å². The van der Waals surface area contributed by atoms with Crippen LogP contribution in [-0.2, 0) is 4.79 Å². The van der Waals surface area contributed by atoms with Crippen LogP contribution in [0.2, 0.25) is 0 Å². The molecule has 0 saturated heterocycles. The van der Waals surface area contributed by atoms with Crippen LogP contribution in [0.5, 0.6) is 0 Å². The summed E-state index contributed by atoms with van der Waals surface area (Å²) in [5.74, 6) is -0.120. The standard InChI is InChI=1S/C16H18N6OS/c1-11(15(23)18-13-8-6-12(10-17)7-9-13)24-16-19-20-21-22(16)14-4-2-3-5-14/h6-9,11,14H,2-5H2,1H3,(H,18,23)/t11-/m1/s1. The molecule has 1 saturated carbocycles. The normalized spacial score (nSPS) is 15.8. The Bertz CT molecular complexity index is 745. The van der Waals surface area contributed by atoms with Crippen LogP contribution in [0.1, 0.15) is 44.2 Å². The number of hydrogen-bond donors (Lipinski definition) is 1. The molecule has 1 heterocycles. The van der Waals surface area contributed by atoms with Gasteiger partial charge in [0, 0.05) is 5.69 Å². The van der Waals surface area contributed by atoms with E-state index in [1.54, 1.807) is 24.3 Å². The Morgan fingerprint density at radius 3 is 2.75 bits per heavy atom. The summed E-state index contributed by atoms with van der Waals surface area (Å²) < 4.78 is 1.85. The smallest absolute Gasteiger partial charge is 0.237 e. The van der Waals surface area contributed by atoms with E-state index in [1.165, 1.54) is 24.6 Å². The lowest BCUT2D eigenvalue weighted by molar-refractivity contribution is -0.115. The molecule has 0 aliphatic heterocycles. The highest BCUT2D eigenvalue weighted by atomic mass is 32.2. The van der Waals surface area contributed by atoms with E-state index in [4.69, 9.17) is 5.26 Å². The van der Waals surface area contributed by atoms with Crippen LogP contribution in [-0.4, -0.2) is 31.4 Å². The van der Waals surface area contributed by atoms with Crippen LogP contribution in [0.4, 0.5) is 5.69 Å². The molecule has 7 nitrogen and oxygen atoms in total. The number of benzene rings is 1. The van der Waals surface area contributed by atoms with Crippen molar-refractivity contribution >= 4 is 23.4 Å². The first-order chi connectivity index (χ1) is 11.7. The zero-order chi connectivity index (χ0) is 16.9. The number of rotatable bonds is 5. The lowest BCUT2D eigenvalue weighted by atomic mass is 10.2. The van der Waals surface area contributed by atoms with E-state index in [0.717, 1.165) is 12.8 Å².